The number of hydrogen-bond acceptors (Lipinski definition) is 6. The molecule has 40 heavy (non-hydrogen) atoms. The van der Waals surface area contributed by atoms with E-state index in [1.165, 1.54) is 23.1 Å². The molecule has 1 aliphatic heterocycles. The molecular formula is C30H35N5O3S2. The molecular weight excluding hydrogens is 542 g/mol. The molecule has 1 atom stereocenters. The second kappa shape index (κ2) is 11.6. The van der Waals surface area contributed by atoms with Gasteiger partial charge in [0.2, 0.25) is 0 Å². The van der Waals surface area contributed by atoms with Gasteiger partial charge in [0.1, 0.15) is 5.69 Å². The number of fused-ring (bicyclic) bond motifs is 1. The van der Waals surface area contributed by atoms with Gasteiger partial charge >= 0.3 is 0 Å². The van der Waals surface area contributed by atoms with Crippen LogP contribution in [0.3, 0.4) is 0 Å². The van der Waals surface area contributed by atoms with Crippen LogP contribution in [0.25, 0.3) is 10.9 Å². The topological polar surface area (TPSA) is 100 Å². The summed E-state index contributed by atoms with van der Waals surface area (Å²) in [5.41, 5.74) is 4.29. The zero-order chi connectivity index (χ0) is 28.6. The van der Waals surface area contributed by atoms with Crippen LogP contribution < -0.4 is 10.9 Å². The van der Waals surface area contributed by atoms with Crippen molar-refractivity contribution in [3.63, 3.8) is 0 Å². The standard InChI is InChI=1S/C30H35N5O3S2/c1-17-14-26(39-5)23(28(36)32-17)15-31-29(37)27-19(3)35(25-9-7-6-8-22(25)27)18(2)21-10-12-34(13-11-21)30(38)24-16-40-20(4)33-24/h6-9,14,16,18,21H,10-13,15H2,1-5H3,(H,31,37)(H,32,36)/t18-/m1/s1. The van der Waals surface area contributed by atoms with E-state index >= 15 is 0 Å². The predicted molar refractivity (Wildman–Crippen MR) is 162 cm³/mol. The molecule has 1 fully saturated rings. The number of thioether (sulfide) groups is 1. The van der Waals surface area contributed by atoms with Crippen LogP contribution in [0, 0.1) is 26.7 Å². The van der Waals surface area contributed by atoms with Crippen LogP contribution in [0.1, 0.15) is 68.6 Å². The summed E-state index contributed by atoms with van der Waals surface area (Å²) in [6.07, 6.45) is 3.70. The number of rotatable bonds is 7. The quantitative estimate of drug-likeness (QED) is 0.284. The maximum Gasteiger partial charge on any atom is 0.273 e. The van der Waals surface area contributed by atoms with Gasteiger partial charge in [0.25, 0.3) is 17.4 Å². The molecule has 2 N–H and O–H groups in total. The van der Waals surface area contributed by atoms with E-state index in [4.69, 9.17) is 0 Å². The number of carbonyl (C=O) groups is 2. The molecule has 0 saturated carbocycles. The van der Waals surface area contributed by atoms with Crippen molar-refractivity contribution in [2.45, 2.75) is 58.0 Å². The molecule has 0 radical (unpaired) electrons. The van der Waals surface area contributed by atoms with Crippen molar-refractivity contribution in [1.82, 2.24) is 24.8 Å². The van der Waals surface area contributed by atoms with Gasteiger partial charge in [-0.05, 0) is 64.8 Å². The van der Waals surface area contributed by atoms with Crippen LogP contribution in [0.2, 0.25) is 0 Å². The van der Waals surface area contributed by atoms with Crippen LogP contribution in [0.5, 0.6) is 0 Å². The summed E-state index contributed by atoms with van der Waals surface area (Å²) in [6, 6.07) is 10.1. The zero-order valence-corrected chi connectivity index (χ0v) is 25.2. The van der Waals surface area contributed by atoms with Gasteiger partial charge in [-0.15, -0.1) is 23.1 Å². The number of pyridine rings is 1. The highest BCUT2D eigenvalue weighted by atomic mass is 32.2. The van der Waals surface area contributed by atoms with E-state index in [1.54, 1.807) is 0 Å². The Morgan fingerprint density at radius 1 is 1.20 bits per heavy atom. The van der Waals surface area contributed by atoms with E-state index in [-0.39, 0.29) is 30.0 Å². The molecule has 1 aliphatic rings. The third-order valence-corrected chi connectivity index (χ3v) is 9.59. The van der Waals surface area contributed by atoms with E-state index in [2.05, 4.69) is 32.8 Å². The van der Waals surface area contributed by atoms with Crippen LogP contribution in [-0.4, -0.2) is 50.6 Å². The highest BCUT2D eigenvalue weighted by Crippen LogP contribution is 2.36. The Bertz CT molecular complexity index is 1630. The number of aryl methyl sites for hydroxylation is 2. The number of piperidine rings is 1. The van der Waals surface area contributed by atoms with Gasteiger partial charge in [0, 0.05) is 63.8 Å². The van der Waals surface area contributed by atoms with E-state index in [0.717, 1.165) is 45.0 Å². The average Bonchev–Trinajstić information content (AvgIpc) is 3.51. The fourth-order valence-electron chi connectivity index (χ4n) is 5.91. The first-order valence-corrected chi connectivity index (χ1v) is 15.7. The smallest absolute Gasteiger partial charge is 0.273 e. The Labute approximate surface area is 242 Å². The second-order valence-corrected chi connectivity index (χ2v) is 12.4. The molecule has 3 aromatic heterocycles. The number of thiazole rings is 1. The normalized spacial score (nSPS) is 15.0. The molecule has 4 heterocycles. The van der Waals surface area contributed by atoms with Crippen LogP contribution in [0.15, 0.2) is 45.4 Å². The lowest BCUT2D eigenvalue weighted by Gasteiger charge is -2.36. The van der Waals surface area contributed by atoms with Gasteiger partial charge in [-0.2, -0.15) is 0 Å². The summed E-state index contributed by atoms with van der Waals surface area (Å²) in [7, 11) is 0. The van der Waals surface area contributed by atoms with Gasteiger partial charge in [0.15, 0.2) is 0 Å². The first-order valence-electron chi connectivity index (χ1n) is 13.6. The van der Waals surface area contributed by atoms with Crippen molar-refractivity contribution >= 4 is 45.8 Å². The minimum absolute atomic E-state index is 0.00838. The summed E-state index contributed by atoms with van der Waals surface area (Å²) >= 11 is 3.00. The average molecular weight is 578 g/mol. The minimum atomic E-state index is -0.189. The third kappa shape index (κ3) is 5.34. The number of nitrogens with one attached hydrogen (secondary N) is 2. The third-order valence-electron chi connectivity index (χ3n) is 8.01. The maximum absolute atomic E-state index is 13.6. The second-order valence-electron chi connectivity index (χ2n) is 10.5. The van der Waals surface area contributed by atoms with Crippen molar-refractivity contribution in [3.8, 4) is 0 Å². The molecule has 10 heteroatoms. The molecule has 0 bridgehead atoms. The van der Waals surface area contributed by atoms with Crippen LogP contribution in [0.4, 0.5) is 0 Å². The fourth-order valence-corrected chi connectivity index (χ4v) is 7.21. The lowest BCUT2D eigenvalue weighted by atomic mass is 9.89. The number of nitrogens with zero attached hydrogens (tertiary/aromatic N) is 3. The van der Waals surface area contributed by atoms with Crippen LogP contribution in [-0.2, 0) is 6.54 Å². The first-order chi connectivity index (χ1) is 19.2. The van der Waals surface area contributed by atoms with Crippen molar-refractivity contribution in [1.29, 1.82) is 0 Å². The number of carbonyl (C=O) groups excluding carboxylic acids is 2. The SMILES string of the molecule is CSc1cc(C)[nH]c(=O)c1CNC(=O)c1c(C)n([C@H](C)C2CCN(C(=O)c3csc(C)n3)CC2)c2ccccc12. The lowest BCUT2D eigenvalue weighted by Crippen LogP contribution is -2.40. The molecule has 1 aromatic carbocycles. The molecule has 2 amide bonds. The van der Waals surface area contributed by atoms with Gasteiger partial charge in [-0.3, -0.25) is 14.4 Å². The number of likely N-dealkylation sites (tertiary alicyclic amines) is 1. The van der Waals surface area contributed by atoms with Gasteiger partial charge in [-0.1, -0.05) is 18.2 Å². The molecule has 1 saturated heterocycles. The fraction of sp³-hybridized carbons (Fsp3) is 0.400. The van der Waals surface area contributed by atoms with E-state index in [9.17, 15) is 14.4 Å². The summed E-state index contributed by atoms with van der Waals surface area (Å²) in [4.78, 5) is 49.1. The number of amides is 2. The maximum atomic E-state index is 13.6. The molecule has 4 aromatic rings. The van der Waals surface area contributed by atoms with E-state index in [0.29, 0.717) is 35.8 Å². The minimum Gasteiger partial charge on any atom is -0.348 e. The molecule has 210 valence electrons. The lowest BCUT2D eigenvalue weighted by molar-refractivity contribution is 0.0660. The first kappa shape index (κ1) is 28.2. The van der Waals surface area contributed by atoms with Crippen LogP contribution >= 0.6 is 23.1 Å². The Morgan fingerprint density at radius 3 is 2.60 bits per heavy atom. The van der Waals surface area contributed by atoms with Gasteiger partial charge < -0.3 is 19.8 Å². The van der Waals surface area contributed by atoms with Crippen molar-refractivity contribution in [3.05, 3.63) is 79.3 Å². The number of aromatic amines is 1. The summed E-state index contributed by atoms with van der Waals surface area (Å²) in [5.74, 6) is 0.182. The van der Waals surface area contributed by atoms with Gasteiger partial charge in [-0.25, -0.2) is 4.98 Å². The highest BCUT2D eigenvalue weighted by Gasteiger charge is 2.31. The summed E-state index contributed by atoms with van der Waals surface area (Å²) in [5, 5.41) is 6.66. The van der Waals surface area contributed by atoms with Crippen molar-refractivity contribution < 1.29 is 9.59 Å². The largest absolute Gasteiger partial charge is 0.348 e. The van der Waals surface area contributed by atoms with Gasteiger partial charge in [0.05, 0.1) is 10.6 Å². The molecule has 5 rings (SSSR count). The van der Waals surface area contributed by atoms with Crippen molar-refractivity contribution in [2.24, 2.45) is 5.92 Å². The number of aromatic nitrogens is 3. The molecule has 0 unspecified atom stereocenters. The number of H-pyrrole nitrogens is 1. The van der Waals surface area contributed by atoms with E-state index < -0.39 is 0 Å². The molecule has 0 aliphatic carbocycles. The Balaban J connectivity index is 1.36. The predicted octanol–water partition coefficient (Wildman–Crippen LogP) is 5.48. The molecule has 8 nitrogen and oxygen atoms in total. The summed E-state index contributed by atoms with van der Waals surface area (Å²) < 4.78 is 2.28. The van der Waals surface area contributed by atoms with E-state index in [1.807, 2.05) is 61.6 Å². The number of para-hydroxylation sites is 1. The zero-order valence-electron chi connectivity index (χ0n) is 23.5. The Morgan fingerprint density at radius 2 is 1.93 bits per heavy atom. The number of benzene rings is 1. The number of hydrogen-bond donors (Lipinski definition) is 2. The summed E-state index contributed by atoms with van der Waals surface area (Å²) in [6.45, 7) is 9.52. The molecule has 0 spiro atoms. The monoisotopic (exact) mass is 577 g/mol. The Kier molecular flexibility index (Phi) is 8.19. The van der Waals surface area contributed by atoms with Crippen molar-refractivity contribution in [2.75, 3.05) is 19.3 Å². The highest BCUT2D eigenvalue weighted by molar-refractivity contribution is 7.98. The Hall–Kier alpha value is -3.37.